The molecule has 2 aromatic carbocycles. The zero-order chi connectivity index (χ0) is 15.2. The lowest BCUT2D eigenvalue weighted by Gasteiger charge is -2.23. The molecule has 0 saturated carbocycles. The maximum Gasteiger partial charge on any atom is 0.144 e. The van der Waals surface area contributed by atoms with Gasteiger partial charge in [-0.2, -0.15) is 0 Å². The van der Waals surface area contributed by atoms with Crippen molar-refractivity contribution in [1.29, 1.82) is 0 Å². The summed E-state index contributed by atoms with van der Waals surface area (Å²) in [4.78, 5) is 2.18. The van der Waals surface area contributed by atoms with Crippen LogP contribution in [0, 0.1) is 0 Å². The number of hydrogen-bond donors (Lipinski definition) is 1. The second-order valence-corrected chi connectivity index (χ2v) is 5.51. The normalized spacial score (nSPS) is 10.7. The Kier molecular flexibility index (Phi) is 5.09. The molecule has 3 nitrogen and oxygen atoms in total. The summed E-state index contributed by atoms with van der Waals surface area (Å²) in [6.45, 7) is 4.93. The predicted molar refractivity (Wildman–Crippen MR) is 90.0 cm³/mol. The molecule has 0 aliphatic heterocycles. The minimum Gasteiger partial charge on any atom is -0.489 e. The van der Waals surface area contributed by atoms with Crippen molar-refractivity contribution in [3.8, 4) is 5.75 Å². The van der Waals surface area contributed by atoms with E-state index in [1.165, 1.54) is 5.56 Å². The molecule has 0 saturated heterocycles. The van der Waals surface area contributed by atoms with E-state index in [-0.39, 0.29) is 6.10 Å². The van der Waals surface area contributed by atoms with E-state index in [0.717, 1.165) is 24.4 Å². The average molecular weight is 284 g/mol. The fraction of sp³-hybridized carbons (Fsp3) is 0.333. The lowest BCUT2D eigenvalue weighted by atomic mass is 10.1. The molecule has 0 heterocycles. The molecule has 0 fully saturated rings. The zero-order valence-corrected chi connectivity index (χ0v) is 13.0. The van der Waals surface area contributed by atoms with E-state index < -0.39 is 0 Å². The Labute approximate surface area is 127 Å². The molecule has 0 aliphatic carbocycles. The summed E-state index contributed by atoms with van der Waals surface area (Å²) in [7, 11) is 2.06. The van der Waals surface area contributed by atoms with Crippen molar-refractivity contribution in [3.63, 3.8) is 0 Å². The van der Waals surface area contributed by atoms with E-state index in [0.29, 0.717) is 5.69 Å². The lowest BCUT2D eigenvalue weighted by molar-refractivity contribution is 0.244. The van der Waals surface area contributed by atoms with Crippen molar-refractivity contribution in [2.75, 3.05) is 24.2 Å². The topological polar surface area (TPSA) is 38.5 Å². The van der Waals surface area contributed by atoms with Gasteiger partial charge >= 0.3 is 0 Å². The molecule has 112 valence electrons. The molecule has 21 heavy (non-hydrogen) atoms. The first-order chi connectivity index (χ1) is 10.1. The minimum atomic E-state index is 0.122. The molecule has 0 bridgehead atoms. The Bertz CT molecular complexity index is 567. The third-order valence-electron chi connectivity index (χ3n) is 3.40. The molecule has 0 aromatic heterocycles. The predicted octanol–water partition coefficient (Wildman–Crippen LogP) is 3.73. The number of nitrogens with two attached hydrogens (primary N) is 1. The smallest absolute Gasteiger partial charge is 0.144 e. The van der Waals surface area contributed by atoms with Gasteiger partial charge < -0.3 is 15.4 Å². The van der Waals surface area contributed by atoms with Crippen LogP contribution in [0.15, 0.2) is 48.5 Å². The van der Waals surface area contributed by atoms with Gasteiger partial charge in [0.1, 0.15) is 5.75 Å². The number of nitrogens with zero attached hydrogens (tertiary/aromatic N) is 1. The van der Waals surface area contributed by atoms with Crippen LogP contribution in [0.4, 0.5) is 11.4 Å². The highest BCUT2D eigenvalue weighted by atomic mass is 16.5. The van der Waals surface area contributed by atoms with Gasteiger partial charge in [-0.1, -0.05) is 36.4 Å². The molecule has 0 amide bonds. The first-order valence-electron chi connectivity index (χ1n) is 7.38. The van der Waals surface area contributed by atoms with E-state index >= 15 is 0 Å². The fourth-order valence-electron chi connectivity index (χ4n) is 2.28. The number of nitrogen functional groups attached to an aromatic ring is 1. The van der Waals surface area contributed by atoms with Crippen LogP contribution in [0.25, 0.3) is 0 Å². The third-order valence-corrected chi connectivity index (χ3v) is 3.40. The monoisotopic (exact) mass is 284 g/mol. The van der Waals surface area contributed by atoms with Crippen LogP contribution in [0.1, 0.15) is 19.4 Å². The largest absolute Gasteiger partial charge is 0.489 e. The van der Waals surface area contributed by atoms with E-state index in [1.807, 2.05) is 38.1 Å². The van der Waals surface area contributed by atoms with Crippen molar-refractivity contribution in [2.45, 2.75) is 26.4 Å². The maximum absolute atomic E-state index is 6.23. The van der Waals surface area contributed by atoms with Gasteiger partial charge in [-0.15, -0.1) is 0 Å². The second kappa shape index (κ2) is 7.02. The highest BCUT2D eigenvalue weighted by Gasteiger charge is 2.11. The summed E-state index contributed by atoms with van der Waals surface area (Å²) >= 11 is 0. The van der Waals surface area contributed by atoms with Gasteiger partial charge in [0, 0.05) is 13.6 Å². The first kappa shape index (κ1) is 15.2. The summed E-state index contributed by atoms with van der Waals surface area (Å²) in [6.07, 6.45) is 1.11. The molecule has 2 aromatic rings. The number of ether oxygens (including phenoxy) is 1. The molecular weight excluding hydrogens is 260 g/mol. The number of likely N-dealkylation sites (N-methyl/N-ethyl adjacent to an activating group) is 1. The van der Waals surface area contributed by atoms with Gasteiger partial charge in [0.15, 0.2) is 0 Å². The minimum absolute atomic E-state index is 0.122. The van der Waals surface area contributed by atoms with Crippen LogP contribution in [-0.4, -0.2) is 19.7 Å². The van der Waals surface area contributed by atoms with Gasteiger partial charge in [0.2, 0.25) is 0 Å². The summed E-state index contributed by atoms with van der Waals surface area (Å²) in [5.74, 6) is 0.758. The van der Waals surface area contributed by atoms with Gasteiger partial charge in [0.25, 0.3) is 0 Å². The van der Waals surface area contributed by atoms with Crippen molar-refractivity contribution < 1.29 is 4.74 Å². The Hall–Kier alpha value is -2.16. The number of benzene rings is 2. The van der Waals surface area contributed by atoms with Crippen molar-refractivity contribution >= 4 is 11.4 Å². The highest BCUT2D eigenvalue weighted by molar-refractivity contribution is 5.73. The van der Waals surface area contributed by atoms with Crippen molar-refractivity contribution in [1.82, 2.24) is 0 Å². The third kappa shape index (κ3) is 4.15. The van der Waals surface area contributed by atoms with Crippen LogP contribution in [0.3, 0.4) is 0 Å². The Morgan fingerprint density at radius 2 is 1.76 bits per heavy atom. The summed E-state index contributed by atoms with van der Waals surface area (Å²) in [5.41, 5.74) is 9.29. The molecule has 0 atom stereocenters. The van der Waals surface area contributed by atoms with E-state index in [9.17, 15) is 0 Å². The lowest BCUT2D eigenvalue weighted by Crippen LogP contribution is -2.22. The first-order valence-corrected chi connectivity index (χ1v) is 7.38. The SMILES string of the molecule is CC(C)Oc1cccc(N(C)CCc2ccccc2)c1N. The van der Waals surface area contributed by atoms with Gasteiger partial charge in [-0.3, -0.25) is 0 Å². The zero-order valence-electron chi connectivity index (χ0n) is 13.0. The van der Waals surface area contributed by atoms with E-state index in [1.54, 1.807) is 0 Å². The molecule has 2 rings (SSSR count). The molecule has 3 heteroatoms. The Morgan fingerprint density at radius 3 is 2.43 bits per heavy atom. The molecule has 0 spiro atoms. The fourth-order valence-corrected chi connectivity index (χ4v) is 2.28. The number of para-hydroxylation sites is 1. The van der Waals surface area contributed by atoms with Crippen LogP contribution in [-0.2, 0) is 6.42 Å². The van der Waals surface area contributed by atoms with Crippen LogP contribution >= 0.6 is 0 Å². The Balaban J connectivity index is 2.06. The molecular formula is C18H24N2O. The molecule has 0 radical (unpaired) electrons. The Morgan fingerprint density at radius 1 is 1.05 bits per heavy atom. The average Bonchev–Trinajstić information content (AvgIpc) is 2.47. The van der Waals surface area contributed by atoms with E-state index in [2.05, 4.69) is 36.2 Å². The second-order valence-electron chi connectivity index (χ2n) is 5.51. The number of anilines is 2. The maximum atomic E-state index is 6.23. The molecule has 0 aliphatic rings. The van der Waals surface area contributed by atoms with Crippen LogP contribution in [0.5, 0.6) is 5.75 Å². The van der Waals surface area contributed by atoms with Gasteiger partial charge in [-0.05, 0) is 38.0 Å². The van der Waals surface area contributed by atoms with Crippen molar-refractivity contribution in [2.24, 2.45) is 0 Å². The van der Waals surface area contributed by atoms with Crippen molar-refractivity contribution in [3.05, 3.63) is 54.1 Å². The number of rotatable bonds is 6. The summed E-state index contributed by atoms with van der Waals surface area (Å²) in [6, 6.07) is 16.4. The highest BCUT2D eigenvalue weighted by Crippen LogP contribution is 2.32. The standard InChI is InChI=1S/C18H24N2O/c1-14(2)21-17-11-7-10-16(18(17)19)20(3)13-12-15-8-5-4-6-9-15/h4-11,14H,12-13,19H2,1-3H3. The molecule has 0 unspecified atom stereocenters. The quantitative estimate of drug-likeness (QED) is 0.821. The van der Waals surface area contributed by atoms with E-state index in [4.69, 9.17) is 10.5 Å². The van der Waals surface area contributed by atoms with Gasteiger partial charge in [0.05, 0.1) is 17.5 Å². The summed E-state index contributed by atoms with van der Waals surface area (Å²) in [5, 5.41) is 0. The van der Waals surface area contributed by atoms with Crippen LogP contribution < -0.4 is 15.4 Å². The van der Waals surface area contributed by atoms with Crippen LogP contribution in [0.2, 0.25) is 0 Å². The van der Waals surface area contributed by atoms with Gasteiger partial charge in [-0.25, -0.2) is 0 Å². The number of hydrogen-bond acceptors (Lipinski definition) is 3. The molecule has 2 N–H and O–H groups in total. The summed E-state index contributed by atoms with van der Waals surface area (Å²) < 4.78 is 5.75.